The number of hydrogen-bond acceptors (Lipinski definition) is 3. The van der Waals surface area contributed by atoms with Crippen molar-refractivity contribution in [1.29, 1.82) is 0 Å². The molecule has 1 N–H and O–H groups in total. The Labute approximate surface area is 201 Å². The van der Waals surface area contributed by atoms with E-state index in [0.717, 1.165) is 43.8 Å². The van der Waals surface area contributed by atoms with E-state index in [1.54, 1.807) is 18.2 Å². The van der Waals surface area contributed by atoms with E-state index in [-0.39, 0.29) is 17.8 Å². The van der Waals surface area contributed by atoms with E-state index >= 15 is 0 Å². The number of hydrogen-bond donors (Lipinski definition) is 1. The lowest BCUT2D eigenvalue weighted by atomic mass is 10.0. The molecule has 0 aliphatic carbocycles. The van der Waals surface area contributed by atoms with Crippen LogP contribution in [0.5, 0.6) is 5.75 Å². The fourth-order valence-corrected chi connectivity index (χ4v) is 4.40. The number of amides is 2. The Morgan fingerprint density at radius 1 is 0.971 bits per heavy atom. The predicted molar refractivity (Wildman–Crippen MR) is 133 cm³/mol. The smallest absolute Gasteiger partial charge is 0.322 e. The van der Waals surface area contributed by atoms with E-state index in [1.165, 1.54) is 11.6 Å². The molecule has 0 atom stereocenters. The summed E-state index contributed by atoms with van der Waals surface area (Å²) >= 11 is 0. The highest BCUT2D eigenvalue weighted by atomic mass is 19.1. The number of para-hydroxylation sites is 1. The second-order valence-corrected chi connectivity index (χ2v) is 8.61. The van der Waals surface area contributed by atoms with Crippen molar-refractivity contribution in [2.24, 2.45) is 0 Å². The number of rotatable bonds is 8. The molecule has 1 saturated heterocycles. The molecule has 34 heavy (non-hydrogen) atoms. The second-order valence-electron chi connectivity index (χ2n) is 8.61. The molecule has 1 fully saturated rings. The zero-order valence-electron chi connectivity index (χ0n) is 19.6. The van der Waals surface area contributed by atoms with Crippen LogP contribution in [0.1, 0.15) is 30.9 Å². The van der Waals surface area contributed by atoms with Gasteiger partial charge in [0.05, 0.1) is 12.3 Å². The number of nitrogens with one attached hydrogen (secondary N) is 1. The van der Waals surface area contributed by atoms with Gasteiger partial charge in [-0.05, 0) is 55.2 Å². The highest BCUT2D eigenvalue weighted by molar-refractivity contribution is 5.89. The molecule has 1 aliphatic rings. The number of nitrogens with zero attached hydrogens (tertiary/aromatic N) is 2. The van der Waals surface area contributed by atoms with Crippen molar-refractivity contribution in [3.63, 3.8) is 0 Å². The summed E-state index contributed by atoms with van der Waals surface area (Å²) in [5, 5.41) is 2.78. The molecule has 1 aliphatic heterocycles. The van der Waals surface area contributed by atoms with E-state index in [4.69, 9.17) is 4.74 Å². The van der Waals surface area contributed by atoms with Gasteiger partial charge in [-0.25, -0.2) is 9.18 Å². The van der Waals surface area contributed by atoms with Crippen LogP contribution in [0.3, 0.4) is 0 Å². The Balaban J connectivity index is 1.45. The Bertz CT molecular complexity index is 1050. The number of anilines is 1. The second kappa shape index (κ2) is 11.7. The van der Waals surface area contributed by atoms with Gasteiger partial charge in [0.15, 0.2) is 0 Å². The number of ether oxygens (including phenoxy) is 1. The van der Waals surface area contributed by atoms with Crippen LogP contribution in [-0.4, -0.2) is 41.6 Å². The standard InChI is InChI=1S/C28H32FN3O2/c1-2-34-25-14-12-23(13-15-25)21-32(28(33)30-27-11-7-6-10-26(27)29)24-16-18-31(19-17-24)20-22-8-4-3-5-9-22/h3-15,24H,2,16-21H2,1H3,(H,30,33). The number of likely N-dealkylation sites (tertiary alicyclic amines) is 1. The SMILES string of the molecule is CCOc1ccc(CN(C(=O)Nc2ccccc2F)C2CCN(Cc3ccccc3)CC2)cc1. The van der Waals surface area contributed by atoms with Gasteiger partial charge in [-0.2, -0.15) is 0 Å². The maximum Gasteiger partial charge on any atom is 0.322 e. The molecular formula is C28H32FN3O2. The predicted octanol–water partition coefficient (Wildman–Crippen LogP) is 5.92. The van der Waals surface area contributed by atoms with Crippen molar-refractivity contribution in [2.75, 3.05) is 25.0 Å². The van der Waals surface area contributed by atoms with Crippen molar-refractivity contribution in [3.05, 3.63) is 95.8 Å². The van der Waals surface area contributed by atoms with Gasteiger partial charge >= 0.3 is 6.03 Å². The zero-order chi connectivity index (χ0) is 23.8. The lowest BCUT2D eigenvalue weighted by Gasteiger charge is -2.38. The van der Waals surface area contributed by atoms with Crippen LogP contribution in [-0.2, 0) is 13.1 Å². The largest absolute Gasteiger partial charge is 0.494 e. The van der Waals surface area contributed by atoms with Crippen LogP contribution in [0.15, 0.2) is 78.9 Å². The summed E-state index contributed by atoms with van der Waals surface area (Å²) in [4.78, 5) is 17.6. The number of carbonyl (C=O) groups is 1. The van der Waals surface area contributed by atoms with Crippen molar-refractivity contribution in [3.8, 4) is 5.75 Å². The lowest BCUT2D eigenvalue weighted by Crippen LogP contribution is -2.48. The van der Waals surface area contributed by atoms with Crippen molar-refractivity contribution in [1.82, 2.24) is 9.80 Å². The Kier molecular flexibility index (Phi) is 8.15. The molecule has 1 heterocycles. The molecule has 0 spiro atoms. The lowest BCUT2D eigenvalue weighted by molar-refractivity contribution is 0.120. The highest BCUT2D eigenvalue weighted by Gasteiger charge is 2.28. The average molecular weight is 462 g/mol. The first-order chi connectivity index (χ1) is 16.6. The summed E-state index contributed by atoms with van der Waals surface area (Å²) in [5.41, 5.74) is 2.51. The third-order valence-electron chi connectivity index (χ3n) is 6.21. The summed E-state index contributed by atoms with van der Waals surface area (Å²) in [5.74, 6) is 0.373. The maximum atomic E-state index is 14.2. The minimum absolute atomic E-state index is 0.0744. The number of carbonyl (C=O) groups excluding carboxylic acids is 1. The summed E-state index contributed by atoms with van der Waals surface area (Å²) in [6, 6.07) is 24.3. The monoisotopic (exact) mass is 461 g/mol. The van der Waals surface area contributed by atoms with Gasteiger partial charge in [0.25, 0.3) is 0 Å². The molecule has 6 heteroatoms. The van der Waals surface area contributed by atoms with Gasteiger partial charge < -0.3 is 15.0 Å². The molecule has 0 radical (unpaired) electrons. The van der Waals surface area contributed by atoms with Gasteiger partial charge in [0.1, 0.15) is 11.6 Å². The quantitative estimate of drug-likeness (QED) is 0.453. The van der Waals surface area contributed by atoms with Gasteiger partial charge in [-0.1, -0.05) is 54.6 Å². The Morgan fingerprint density at radius 3 is 2.32 bits per heavy atom. The number of urea groups is 1. The van der Waals surface area contributed by atoms with Crippen LogP contribution in [0.25, 0.3) is 0 Å². The molecule has 0 bridgehead atoms. The molecule has 0 aromatic heterocycles. The van der Waals surface area contributed by atoms with E-state index in [9.17, 15) is 9.18 Å². The molecule has 5 nitrogen and oxygen atoms in total. The first kappa shape index (κ1) is 23.8. The third-order valence-corrected chi connectivity index (χ3v) is 6.21. The molecule has 0 saturated carbocycles. The highest BCUT2D eigenvalue weighted by Crippen LogP contribution is 2.23. The first-order valence-corrected chi connectivity index (χ1v) is 11.9. The Morgan fingerprint density at radius 2 is 1.65 bits per heavy atom. The van der Waals surface area contributed by atoms with E-state index in [0.29, 0.717) is 13.2 Å². The molecular weight excluding hydrogens is 429 g/mol. The summed E-state index contributed by atoms with van der Waals surface area (Å²) in [7, 11) is 0. The van der Waals surface area contributed by atoms with Crippen LogP contribution >= 0.6 is 0 Å². The first-order valence-electron chi connectivity index (χ1n) is 11.9. The summed E-state index contributed by atoms with van der Waals surface area (Å²) in [6.45, 7) is 5.74. The normalized spacial score (nSPS) is 14.5. The Hall–Kier alpha value is -3.38. The van der Waals surface area contributed by atoms with Gasteiger partial charge in [0, 0.05) is 32.2 Å². The van der Waals surface area contributed by atoms with Crippen LogP contribution in [0, 0.1) is 5.82 Å². The minimum Gasteiger partial charge on any atom is -0.494 e. The van der Waals surface area contributed by atoms with E-state index < -0.39 is 5.82 Å². The van der Waals surface area contributed by atoms with Crippen molar-refractivity contribution in [2.45, 2.75) is 38.9 Å². The molecule has 3 aromatic rings. The maximum absolute atomic E-state index is 14.2. The van der Waals surface area contributed by atoms with Gasteiger partial charge in [-0.15, -0.1) is 0 Å². The summed E-state index contributed by atoms with van der Waals surface area (Å²) in [6.07, 6.45) is 1.74. The number of halogens is 1. The number of benzene rings is 3. The van der Waals surface area contributed by atoms with Gasteiger partial charge in [0.2, 0.25) is 0 Å². The zero-order valence-corrected chi connectivity index (χ0v) is 19.6. The molecule has 4 rings (SSSR count). The fraction of sp³-hybridized carbons (Fsp3) is 0.321. The van der Waals surface area contributed by atoms with E-state index in [2.05, 4.69) is 34.5 Å². The van der Waals surface area contributed by atoms with Crippen molar-refractivity contribution < 1.29 is 13.9 Å². The van der Waals surface area contributed by atoms with Gasteiger partial charge in [-0.3, -0.25) is 4.90 Å². The molecule has 2 amide bonds. The molecule has 3 aromatic carbocycles. The molecule has 178 valence electrons. The fourth-order valence-electron chi connectivity index (χ4n) is 4.40. The van der Waals surface area contributed by atoms with Crippen LogP contribution in [0.2, 0.25) is 0 Å². The van der Waals surface area contributed by atoms with Crippen LogP contribution < -0.4 is 10.1 Å². The average Bonchev–Trinajstić information content (AvgIpc) is 2.86. The summed E-state index contributed by atoms with van der Waals surface area (Å²) < 4.78 is 19.7. The van der Waals surface area contributed by atoms with Crippen molar-refractivity contribution >= 4 is 11.7 Å². The van der Waals surface area contributed by atoms with E-state index in [1.807, 2.05) is 42.2 Å². The van der Waals surface area contributed by atoms with Crippen LogP contribution in [0.4, 0.5) is 14.9 Å². The third kappa shape index (κ3) is 6.35. The number of piperidine rings is 1. The minimum atomic E-state index is -0.436. The molecule has 0 unspecified atom stereocenters. The topological polar surface area (TPSA) is 44.8 Å².